The first kappa shape index (κ1) is 21.1. The van der Waals surface area contributed by atoms with E-state index >= 15 is 0 Å². The van der Waals surface area contributed by atoms with Gasteiger partial charge < -0.3 is 15.5 Å². The molecule has 1 aromatic rings. The molecule has 0 saturated carbocycles. The largest absolute Gasteiger partial charge is 0.378 e. The number of thioether (sulfide) groups is 1. The minimum absolute atomic E-state index is 0.0303. The molecule has 0 aromatic heterocycles. The first-order valence-corrected chi connectivity index (χ1v) is 9.49. The molecule has 0 aliphatic heterocycles. The lowest BCUT2D eigenvalue weighted by atomic mass is 10.1. The Bertz CT molecular complexity index is 588. The highest BCUT2D eigenvalue weighted by atomic mass is 32.2. The smallest absolute Gasteiger partial charge is 0.230 e. The van der Waals surface area contributed by atoms with Crippen molar-refractivity contribution < 1.29 is 9.59 Å². The average Bonchev–Trinajstić information content (AvgIpc) is 2.56. The van der Waals surface area contributed by atoms with Gasteiger partial charge in [-0.15, -0.1) is 0 Å². The number of unbranched alkanes of at least 4 members (excludes halogenated alkanes) is 2. The zero-order valence-corrected chi connectivity index (χ0v) is 16.2. The molecule has 0 atom stereocenters. The van der Waals surface area contributed by atoms with E-state index in [2.05, 4.69) is 34.2 Å². The number of amides is 1. The van der Waals surface area contributed by atoms with Gasteiger partial charge in [0.25, 0.3) is 0 Å². The summed E-state index contributed by atoms with van der Waals surface area (Å²) < 4.78 is 0. The summed E-state index contributed by atoms with van der Waals surface area (Å²) in [6.07, 6.45) is 3.88. The van der Waals surface area contributed by atoms with E-state index < -0.39 is 0 Å². The Morgan fingerprint density at radius 3 is 2.64 bits per heavy atom. The van der Waals surface area contributed by atoms with Crippen molar-refractivity contribution in [2.24, 2.45) is 0 Å². The van der Waals surface area contributed by atoms with E-state index in [0.717, 1.165) is 54.5 Å². The third kappa shape index (κ3) is 9.82. The van der Waals surface area contributed by atoms with Crippen LogP contribution in [0.2, 0.25) is 0 Å². The molecule has 0 spiro atoms. The lowest BCUT2D eigenvalue weighted by molar-refractivity contribution is -0.118. The number of nitrogens with zero attached hydrogens (tertiary/aromatic N) is 1. The van der Waals surface area contributed by atoms with Crippen molar-refractivity contribution in [3.63, 3.8) is 0 Å². The van der Waals surface area contributed by atoms with Crippen LogP contribution in [0.5, 0.6) is 0 Å². The van der Waals surface area contributed by atoms with Gasteiger partial charge >= 0.3 is 0 Å². The average molecular weight is 364 g/mol. The minimum atomic E-state index is -0.0768. The first-order chi connectivity index (χ1) is 11.9. The van der Waals surface area contributed by atoms with Gasteiger partial charge in [0.15, 0.2) is 5.12 Å². The Morgan fingerprint density at radius 1 is 1.20 bits per heavy atom. The van der Waals surface area contributed by atoms with Gasteiger partial charge in [0, 0.05) is 44.6 Å². The molecule has 2 N–H and O–H groups in total. The van der Waals surface area contributed by atoms with Gasteiger partial charge in [-0.05, 0) is 37.5 Å². The summed E-state index contributed by atoms with van der Waals surface area (Å²) >= 11 is 1.04. The maximum absolute atomic E-state index is 11.5. The van der Waals surface area contributed by atoms with Gasteiger partial charge in [0.05, 0.1) is 5.75 Å². The van der Waals surface area contributed by atoms with Gasteiger partial charge in [-0.3, -0.25) is 9.59 Å². The molecule has 0 aliphatic carbocycles. The minimum Gasteiger partial charge on any atom is -0.378 e. The van der Waals surface area contributed by atoms with E-state index in [0.29, 0.717) is 6.54 Å². The zero-order chi connectivity index (χ0) is 18.7. The van der Waals surface area contributed by atoms with Gasteiger partial charge in [0.2, 0.25) is 5.91 Å². The fourth-order valence-corrected chi connectivity index (χ4v) is 2.65. The number of carbonyl (C=O) groups excluding carboxylic acids is 2. The van der Waals surface area contributed by atoms with E-state index in [4.69, 9.17) is 0 Å². The second-order valence-corrected chi connectivity index (χ2v) is 7.27. The fraction of sp³-hybridized carbons (Fsp3) is 0.474. The van der Waals surface area contributed by atoms with Gasteiger partial charge in [-0.2, -0.15) is 0 Å². The van der Waals surface area contributed by atoms with E-state index in [1.165, 1.54) is 6.92 Å². The van der Waals surface area contributed by atoms with Crippen LogP contribution in [0.25, 0.3) is 0 Å². The second kappa shape index (κ2) is 11.6. The summed E-state index contributed by atoms with van der Waals surface area (Å²) in [7, 11) is 4.04. The van der Waals surface area contributed by atoms with Crippen molar-refractivity contribution in [2.45, 2.75) is 32.6 Å². The first-order valence-electron chi connectivity index (χ1n) is 8.50. The van der Waals surface area contributed by atoms with E-state index in [9.17, 15) is 9.59 Å². The van der Waals surface area contributed by atoms with Crippen LogP contribution in [0.1, 0.15) is 32.6 Å². The Labute approximate surface area is 155 Å². The maximum atomic E-state index is 11.5. The molecule has 0 unspecified atom stereocenters. The summed E-state index contributed by atoms with van der Waals surface area (Å²) in [5.74, 6) is 0.134. The van der Waals surface area contributed by atoms with Crippen molar-refractivity contribution in [1.82, 2.24) is 5.32 Å². The number of hydrogen-bond donors (Lipinski definition) is 2. The summed E-state index contributed by atoms with van der Waals surface area (Å²) in [6, 6.07) is 8.22. The van der Waals surface area contributed by atoms with Crippen LogP contribution < -0.4 is 15.5 Å². The normalized spacial score (nSPS) is 10.2. The lowest BCUT2D eigenvalue weighted by Crippen LogP contribution is -2.26. The second-order valence-electron chi connectivity index (χ2n) is 6.11. The molecule has 138 valence electrons. The number of hydrogen-bond acceptors (Lipinski definition) is 5. The molecule has 1 amide bonds. The van der Waals surface area contributed by atoms with Crippen LogP contribution in [0.4, 0.5) is 11.4 Å². The molecule has 0 fully saturated rings. The molecule has 0 saturated heterocycles. The lowest BCUT2D eigenvalue weighted by Gasteiger charge is -2.15. The standard InChI is InChI=1S/C19H29N3O2S/c1-15(21-17-10-8-11-18(13-17)22(3)4)9-6-5-7-12-20-19(24)14-25-16(2)23/h8,10-11,13,21H,1,5-7,9,12,14H2,2-4H3,(H,20,24). The van der Waals surface area contributed by atoms with Gasteiger partial charge in [-0.25, -0.2) is 0 Å². The predicted molar refractivity (Wildman–Crippen MR) is 108 cm³/mol. The SMILES string of the molecule is C=C(CCCCCNC(=O)CSC(C)=O)Nc1cccc(N(C)C)c1. The Balaban J connectivity index is 2.14. The summed E-state index contributed by atoms with van der Waals surface area (Å²) in [5, 5.41) is 6.15. The van der Waals surface area contributed by atoms with Crippen LogP contribution in [0.3, 0.4) is 0 Å². The highest BCUT2D eigenvalue weighted by molar-refractivity contribution is 8.14. The van der Waals surface area contributed by atoms with E-state index in [1.54, 1.807) is 0 Å². The van der Waals surface area contributed by atoms with Crippen molar-refractivity contribution in [3.8, 4) is 0 Å². The summed E-state index contributed by atoms with van der Waals surface area (Å²) in [6.45, 7) is 6.20. The number of nitrogens with one attached hydrogen (secondary N) is 2. The third-order valence-corrected chi connectivity index (χ3v) is 4.38. The number of benzene rings is 1. The van der Waals surface area contributed by atoms with Crippen LogP contribution in [0.15, 0.2) is 36.5 Å². The topological polar surface area (TPSA) is 61.4 Å². The van der Waals surface area contributed by atoms with Crippen molar-refractivity contribution in [1.29, 1.82) is 0 Å². The number of allylic oxidation sites excluding steroid dienone is 1. The molecule has 6 heteroatoms. The van der Waals surface area contributed by atoms with Crippen LogP contribution in [0, 0.1) is 0 Å². The van der Waals surface area contributed by atoms with Crippen LogP contribution in [-0.2, 0) is 9.59 Å². The quantitative estimate of drug-likeness (QED) is 0.588. The number of rotatable bonds is 11. The predicted octanol–water partition coefficient (Wildman–Crippen LogP) is 3.63. The molecular weight excluding hydrogens is 334 g/mol. The maximum Gasteiger partial charge on any atom is 0.230 e. The van der Waals surface area contributed by atoms with Crippen molar-refractivity contribution >= 4 is 34.2 Å². The third-order valence-electron chi connectivity index (χ3n) is 3.57. The Kier molecular flexibility index (Phi) is 9.77. The van der Waals surface area contributed by atoms with Crippen LogP contribution in [-0.4, -0.2) is 37.4 Å². The molecule has 0 aliphatic rings. The van der Waals surface area contributed by atoms with Gasteiger partial charge in [-0.1, -0.05) is 30.8 Å². The molecule has 5 nitrogen and oxygen atoms in total. The van der Waals surface area contributed by atoms with Crippen LogP contribution >= 0.6 is 11.8 Å². The monoisotopic (exact) mass is 363 g/mol. The zero-order valence-electron chi connectivity index (χ0n) is 15.4. The summed E-state index contributed by atoms with van der Waals surface area (Å²) in [4.78, 5) is 24.3. The highest BCUT2D eigenvalue weighted by Gasteiger charge is 2.03. The summed E-state index contributed by atoms with van der Waals surface area (Å²) in [5.41, 5.74) is 3.20. The van der Waals surface area contributed by atoms with Crippen molar-refractivity contribution in [2.75, 3.05) is 36.6 Å². The molecule has 0 bridgehead atoms. The molecular formula is C19H29N3O2S. The molecule has 1 aromatic carbocycles. The van der Waals surface area contributed by atoms with Crippen molar-refractivity contribution in [3.05, 3.63) is 36.5 Å². The Morgan fingerprint density at radius 2 is 1.96 bits per heavy atom. The fourth-order valence-electron chi connectivity index (χ4n) is 2.21. The number of anilines is 2. The highest BCUT2D eigenvalue weighted by Crippen LogP contribution is 2.19. The Hall–Kier alpha value is -1.95. The van der Waals surface area contributed by atoms with E-state index in [-0.39, 0.29) is 16.8 Å². The molecule has 0 radical (unpaired) electrons. The van der Waals surface area contributed by atoms with E-state index in [1.807, 2.05) is 26.2 Å². The molecule has 25 heavy (non-hydrogen) atoms. The number of carbonyl (C=O) groups is 2. The molecule has 1 rings (SSSR count). The van der Waals surface area contributed by atoms with Gasteiger partial charge in [0.1, 0.15) is 0 Å². The molecule has 0 heterocycles.